The molecule has 1 aliphatic rings. The average Bonchev–Trinajstić information content (AvgIpc) is 3.29. The highest BCUT2D eigenvalue weighted by Crippen LogP contribution is 2.31. The Morgan fingerprint density at radius 3 is 2.65 bits per heavy atom. The molecule has 0 saturated heterocycles. The van der Waals surface area contributed by atoms with Gasteiger partial charge in [-0.1, -0.05) is 35.5 Å². The van der Waals surface area contributed by atoms with E-state index in [1.54, 1.807) is 18.5 Å². The highest BCUT2D eigenvalue weighted by molar-refractivity contribution is 5.95. The van der Waals surface area contributed by atoms with E-state index in [1.165, 1.54) is 0 Å². The Labute approximate surface area is 177 Å². The number of carbonyl (C=O) groups is 1. The lowest BCUT2D eigenvalue weighted by molar-refractivity contribution is -0.125. The van der Waals surface area contributed by atoms with E-state index in [0.29, 0.717) is 35.3 Å². The van der Waals surface area contributed by atoms with Crippen LogP contribution in [0.25, 0.3) is 11.4 Å². The van der Waals surface area contributed by atoms with Crippen LogP contribution in [0.3, 0.4) is 0 Å². The first-order chi connectivity index (χ1) is 15.3. The molecular weight excluding hydrogens is 396 g/mol. The van der Waals surface area contributed by atoms with Crippen molar-refractivity contribution in [3.05, 3.63) is 84.5 Å². The van der Waals surface area contributed by atoms with Gasteiger partial charge in [0, 0.05) is 23.6 Å². The third-order valence-electron chi connectivity index (χ3n) is 4.82. The van der Waals surface area contributed by atoms with E-state index < -0.39 is 6.10 Å². The molecule has 8 nitrogen and oxygen atoms in total. The van der Waals surface area contributed by atoms with Gasteiger partial charge in [0.15, 0.2) is 11.5 Å². The molecule has 5 rings (SSSR count). The van der Waals surface area contributed by atoms with Gasteiger partial charge >= 0.3 is 0 Å². The lowest BCUT2D eigenvalue weighted by Gasteiger charge is -2.25. The highest BCUT2D eigenvalue weighted by atomic mass is 16.6. The van der Waals surface area contributed by atoms with Crippen molar-refractivity contribution in [3.8, 4) is 22.9 Å². The molecule has 1 amide bonds. The zero-order chi connectivity index (χ0) is 21.0. The molecular formula is C23H18N4O4. The van der Waals surface area contributed by atoms with Crippen molar-refractivity contribution in [2.45, 2.75) is 12.5 Å². The summed E-state index contributed by atoms with van der Waals surface area (Å²) < 4.78 is 16.8. The fraction of sp³-hybridized carbons (Fsp3) is 0.130. The lowest BCUT2D eigenvalue weighted by Crippen LogP contribution is -2.40. The van der Waals surface area contributed by atoms with E-state index in [1.807, 2.05) is 54.6 Å². The quantitative estimate of drug-likeness (QED) is 0.533. The number of para-hydroxylation sites is 3. The Morgan fingerprint density at radius 1 is 1.00 bits per heavy atom. The molecule has 0 radical (unpaired) electrons. The number of aromatic nitrogens is 3. The van der Waals surface area contributed by atoms with Gasteiger partial charge in [-0.15, -0.1) is 0 Å². The van der Waals surface area contributed by atoms with E-state index in [-0.39, 0.29) is 12.5 Å². The van der Waals surface area contributed by atoms with E-state index in [9.17, 15) is 4.79 Å². The summed E-state index contributed by atoms with van der Waals surface area (Å²) in [5.41, 5.74) is 2.32. The zero-order valence-corrected chi connectivity index (χ0v) is 16.4. The molecule has 31 heavy (non-hydrogen) atoms. The smallest absolute Gasteiger partial charge is 0.269 e. The summed E-state index contributed by atoms with van der Waals surface area (Å²) >= 11 is 0. The molecule has 0 bridgehead atoms. The molecule has 1 N–H and O–H groups in total. The first kappa shape index (κ1) is 18.8. The fourth-order valence-electron chi connectivity index (χ4n) is 3.27. The van der Waals surface area contributed by atoms with Gasteiger partial charge in [0.1, 0.15) is 6.61 Å². The van der Waals surface area contributed by atoms with Crippen LogP contribution in [0.15, 0.2) is 77.6 Å². The van der Waals surface area contributed by atoms with Crippen molar-refractivity contribution < 1.29 is 18.8 Å². The molecule has 2 aromatic heterocycles. The minimum absolute atomic E-state index is 0.143. The van der Waals surface area contributed by atoms with E-state index in [4.69, 9.17) is 14.0 Å². The zero-order valence-electron chi connectivity index (χ0n) is 16.4. The number of benzene rings is 2. The van der Waals surface area contributed by atoms with Gasteiger partial charge in [-0.25, -0.2) is 0 Å². The van der Waals surface area contributed by atoms with Crippen LogP contribution in [0.4, 0.5) is 5.69 Å². The second kappa shape index (κ2) is 8.27. The number of hydrogen-bond donors (Lipinski definition) is 1. The maximum absolute atomic E-state index is 12.8. The minimum Gasteiger partial charge on any atom is -0.485 e. The van der Waals surface area contributed by atoms with Gasteiger partial charge in [0.05, 0.1) is 6.42 Å². The predicted molar refractivity (Wildman–Crippen MR) is 112 cm³/mol. The Balaban J connectivity index is 1.30. The predicted octanol–water partition coefficient (Wildman–Crippen LogP) is 3.50. The molecule has 1 aliphatic heterocycles. The van der Waals surface area contributed by atoms with Crippen molar-refractivity contribution in [3.63, 3.8) is 0 Å². The fourth-order valence-corrected chi connectivity index (χ4v) is 3.27. The average molecular weight is 414 g/mol. The number of amides is 1. The number of nitrogens with zero attached hydrogens (tertiary/aromatic N) is 3. The van der Waals surface area contributed by atoms with E-state index in [2.05, 4.69) is 20.4 Å². The standard InChI is InChI=1S/C23H18N4O4/c28-23(20-14-29-18-7-3-4-8-19(18)30-20)25-17-6-2-1-5-16(17)13-21-26-22(27-31-21)15-9-11-24-12-10-15/h1-12,20H,13-14H2,(H,25,28). The van der Waals surface area contributed by atoms with Crippen molar-refractivity contribution >= 4 is 11.6 Å². The summed E-state index contributed by atoms with van der Waals surface area (Å²) in [5.74, 6) is 1.83. The van der Waals surface area contributed by atoms with Gasteiger partial charge in [-0.2, -0.15) is 4.98 Å². The summed E-state index contributed by atoms with van der Waals surface area (Å²) in [4.78, 5) is 21.2. The van der Waals surface area contributed by atoms with Crippen molar-refractivity contribution in [2.75, 3.05) is 11.9 Å². The number of ether oxygens (including phenoxy) is 2. The number of fused-ring (bicyclic) bond motifs is 1. The first-order valence-corrected chi connectivity index (χ1v) is 9.76. The van der Waals surface area contributed by atoms with Gasteiger partial charge in [-0.05, 0) is 35.9 Å². The number of carbonyl (C=O) groups excluding carboxylic acids is 1. The summed E-state index contributed by atoms with van der Waals surface area (Å²) in [7, 11) is 0. The molecule has 154 valence electrons. The first-order valence-electron chi connectivity index (χ1n) is 9.76. The molecule has 0 aliphatic carbocycles. The van der Waals surface area contributed by atoms with Crippen LogP contribution >= 0.6 is 0 Å². The third-order valence-corrected chi connectivity index (χ3v) is 4.82. The van der Waals surface area contributed by atoms with Gasteiger partial charge in [0.25, 0.3) is 5.91 Å². The van der Waals surface area contributed by atoms with Crippen molar-refractivity contribution in [1.82, 2.24) is 15.1 Å². The monoisotopic (exact) mass is 414 g/mol. The number of hydrogen-bond acceptors (Lipinski definition) is 7. The second-order valence-electron chi connectivity index (χ2n) is 6.94. The molecule has 0 spiro atoms. The summed E-state index contributed by atoms with van der Waals surface area (Å²) in [6.07, 6.45) is 2.97. The minimum atomic E-state index is -0.746. The molecule has 2 aromatic carbocycles. The van der Waals surface area contributed by atoms with Crippen molar-refractivity contribution in [1.29, 1.82) is 0 Å². The second-order valence-corrected chi connectivity index (χ2v) is 6.94. The largest absolute Gasteiger partial charge is 0.485 e. The van der Waals surface area contributed by atoms with E-state index in [0.717, 1.165) is 11.1 Å². The maximum atomic E-state index is 12.8. The number of rotatable bonds is 5. The van der Waals surface area contributed by atoms with Crippen LogP contribution < -0.4 is 14.8 Å². The molecule has 1 unspecified atom stereocenters. The molecule has 0 saturated carbocycles. The Bertz CT molecular complexity index is 1210. The topological polar surface area (TPSA) is 99.4 Å². The van der Waals surface area contributed by atoms with Crippen LogP contribution in [0, 0.1) is 0 Å². The SMILES string of the molecule is O=C(Nc1ccccc1Cc1nc(-c2ccncc2)no1)C1COc2ccccc2O1. The molecule has 1 atom stereocenters. The van der Waals surface area contributed by atoms with Gasteiger partial charge in [-0.3, -0.25) is 9.78 Å². The van der Waals surface area contributed by atoms with Crippen LogP contribution in [0.5, 0.6) is 11.5 Å². The van der Waals surface area contributed by atoms with Crippen LogP contribution in [-0.4, -0.2) is 33.7 Å². The third kappa shape index (κ3) is 4.09. The normalized spacial score (nSPS) is 14.8. The van der Waals surface area contributed by atoms with Crippen LogP contribution in [0.1, 0.15) is 11.5 Å². The van der Waals surface area contributed by atoms with Crippen LogP contribution in [-0.2, 0) is 11.2 Å². The molecule has 4 aromatic rings. The van der Waals surface area contributed by atoms with Gasteiger partial charge in [0.2, 0.25) is 17.8 Å². The number of anilines is 1. The summed E-state index contributed by atoms with van der Waals surface area (Å²) in [6.45, 7) is 0.143. The van der Waals surface area contributed by atoms with Gasteiger partial charge < -0.3 is 19.3 Å². The molecule has 8 heteroatoms. The highest BCUT2D eigenvalue weighted by Gasteiger charge is 2.27. The Morgan fingerprint density at radius 2 is 1.77 bits per heavy atom. The molecule has 0 fully saturated rings. The van der Waals surface area contributed by atoms with Crippen LogP contribution in [0.2, 0.25) is 0 Å². The van der Waals surface area contributed by atoms with E-state index >= 15 is 0 Å². The lowest BCUT2D eigenvalue weighted by atomic mass is 10.1. The Kier molecular flexibility index (Phi) is 5.02. The number of nitrogens with one attached hydrogen (secondary N) is 1. The Hall–Kier alpha value is -4.20. The summed E-state index contributed by atoms with van der Waals surface area (Å²) in [6, 6.07) is 18.4. The van der Waals surface area contributed by atoms with Crippen molar-refractivity contribution in [2.24, 2.45) is 0 Å². The summed E-state index contributed by atoms with van der Waals surface area (Å²) in [5, 5.41) is 6.96. The number of pyridine rings is 1. The molecule has 3 heterocycles. The maximum Gasteiger partial charge on any atom is 0.269 e.